The Hall–Kier alpha value is -0.610. The summed E-state index contributed by atoms with van der Waals surface area (Å²) >= 11 is 0. The Labute approximate surface area is 93.2 Å². The summed E-state index contributed by atoms with van der Waals surface area (Å²) < 4.78 is 0. The van der Waals surface area contributed by atoms with E-state index in [1.54, 1.807) is 13.8 Å². The average Bonchev–Trinajstić information content (AvgIpc) is 2.00. The second kappa shape index (κ2) is 5.47. The molecule has 90 valence electrons. The number of carbonyl (C=O) groups is 1. The minimum atomic E-state index is -0.798. The molecule has 4 heteroatoms. The van der Waals surface area contributed by atoms with Crippen molar-refractivity contribution in [2.45, 2.75) is 39.3 Å². The van der Waals surface area contributed by atoms with Gasteiger partial charge < -0.3 is 16.0 Å². The van der Waals surface area contributed by atoms with E-state index >= 15 is 0 Å². The maximum atomic E-state index is 11.6. The highest BCUT2D eigenvalue weighted by Gasteiger charge is 2.23. The second-order valence-electron chi connectivity index (χ2n) is 5.21. The Balaban J connectivity index is 4.18. The van der Waals surface area contributed by atoms with Gasteiger partial charge in [-0.05, 0) is 33.9 Å². The molecule has 0 rings (SSSR count). The van der Waals surface area contributed by atoms with E-state index in [1.807, 2.05) is 14.1 Å². The molecule has 0 saturated carbocycles. The highest BCUT2D eigenvalue weighted by atomic mass is 16.2. The summed E-state index contributed by atoms with van der Waals surface area (Å²) in [5.41, 5.74) is 4.89. The summed E-state index contributed by atoms with van der Waals surface area (Å²) in [6.45, 7) is 8.35. The summed E-state index contributed by atoms with van der Waals surface area (Å²) in [6, 6.07) is 0.344. The molecule has 0 spiro atoms. The van der Waals surface area contributed by atoms with Crippen molar-refractivity contribution in [1.29, 1.82) is 0 Å². The molecule has 0 aromatic carbocycles. The fraction of sp³-hybridized carbons (Fsp3) is 0.909. The second-order valence-corrected chi connectivity index (χ2v) is 5.21. The van der Waals surface area contributed by atoms with Crippen LogP contribution < -0.4 is 11.1 Å². The first-order chi connectivity index (χ1) is 6.66. The minimum Gasteiger partial charge on any atom is -0.353 e. The molecule has 4 nitrogen and oxygen atoms in total. The quantitative estimate of drug-likeness (QED) is 0.699. The van der Waals surface area contributed by atoms with Gasteiger partial charge in [0.1, 0.15) is 0 Å². The fourth-order valence-electron chi connectivity index (χ4n) is 1.44. The number of carbonyl (C=O) groups excluding carboxylic acids is 1. The van der Waals surface area contributed by atoms with Gasteiger partial charge in [0.25, 0.3) is 0 Å². The third-order valence-corrected chi connectivity index (χ3v) is 2.49. The topological polar surface area (TPSA) is 58.4 Å². The van der Waals surface area contributed by atoms with Gasteiger partial charge in [-0.2, -0.15) is 0 Å². The lowest BCUT2D eigenvalue weighted by molar-refractivity contribution is -0.125. The van der Waals surface area contributed by atoms with E-state index in [9.17, 15) is 4.79 Å². The minimum absolute atomic E-state index is 0.102. The summed E-state index contributed by atoms with van der Waals surface area (Å²) in [7, 11) is 4.04. The predicted molar refractivity (Wildman–Crippen MR) is 63.6 cm³/mol. The van der Waals surface area contributed by atoms with Crippen molar-refractivity contribution in [1.82, 2.24) is 10.2 Å². The summed E-state index contributed by atoms with van der Waals surface area (Å²) in [4.78, 5) is 13.7. The lowest BCUT2D eigenvalue weighted by Crippen LogP contribution is -2.52. The summed E-state index contributed by atoms with van der Waals surface area (Å²) in [6.07, 6.45) is 0. The number of hydrogen-bond acceptors (Lipinski definition) is 3. The molecule has 1 unspecified atom stereocenters. The normalized spacial score (nSPS) is 14.5. The van der Waals surface area contributed by atoms with Crippen LogP contribution in [0.4, 0.5) is 0 Å². The van der Waals surface area contributed by atoms with Crippen molar-refractivity contribution < 1.29 is 4.79 Å². The van der Waals surface area contributed by atoms with Crippen molar-refractivity contribution in [2.75, 3.05) is 20.6 Å². The first-order valence-electron chi connectivity index (χ1n) is 5.40. The zero-order valence-electron chi connectivity index (χ0n) is 10.8. The zero-order chi connectivity index (χ0) is 12.2. The molecular formula is C11H25N3O. The third-order valence-electron chi connectivity index (χ3n) is 2.49. The number of nitrogens with one attached hydrogen (secondary N) is 1. The molecule has 0 aliphatic carbocycles. The van der Waals surface area contributed by atoms with Crippen LogP contribution in [0.2, 0.25) is 0 Å². The van der Waals surface area contributed by atoms with Crippen LogP contribution in [0.15, 0.2) is 0 Å². The number of likely N-dealkylation sites (N-methyl/N-ethyl adjacent to an activating group) is 1. The lowest BCUT2D eigenvalue weighted by atomic mass is 10.0. The molecule has 0 bridgehead atoms. The highest BCUT2D eigenvalue weighted by molar-refractivity contribution is 5.85. The van der Waals surface area contributed by atoms with Gasteiger partial charge in [-0.3, -0.25) is 4.79 Å². The van der Waals surface area contributed by atoms with Crippen LogP contribution in [-0.4, -0.2) is 43.0 Å². The van der Waals surface area contributed by atoms with Crippen molar-refractivity contribution in [3.8, 4) is 0 Å². The lowest BCUT2D eigenvalue weighted by Gasteiger charge is -2.29. The molecular weight excluding hydrogens is 190 g/mol. The number of rotatable bonds is 5. The van der Waals surface area contributed by atoms with E-state index in [2.05, 4.69) is 24.1 Å². The number of nitrogens with two attached hydrogens (primary N) is 1. The molecule has 0 aromatic heterocycles. The molecule has 1 atom stereocenters. The first kappa shape index (κ1) is 14.4. The Morgan fingerprint density at radius 3 is 2.13 bits per heavy atom. The molecule has 0 aromatic rings. The number of nitrogens with zero attached hydrogens (tertiary/aromatic N) is 1. The Bertz CT molecular complexity index is 198. The van der Waals surface area contributed by atoms with Crippen LogP contribution in [0, 0.1) is 5.92 Å². The van der Waals surface area contributed by atoms with Crippen LogP contribution in [0.25, 0.3) is 0 Å². The van der Waals surface area contributed by atoms with Crippen molar-refractivity contribution in [3.63, 3.8) is 0 Å². The Morgan fingerprint density at radius 1 is 1.40 bits per heavy atom. The van der Waals surface area contributed by atoms with Gasteiger partial charge in [0, 0.05) is 12.6 Å². The molecule has 0 aliphatic rings. The molecule has 0 fully saturated rings. The standard InChI is InChI=1S/C11H25N3O/c1-8(2)9(14(5)6)7-13-10(15)11(3,4)12/h8-9H,7,12H2,1-6H3,(H,13,15). The van der Waals surface area contributed by atoms with Crippen molar-refractivity contribution >= 4 is 5.91 Å². The van der Waals surface area contributed by atoms with Crippen molar-refractivity contribution in [3.05, 3.63) is 0 Å². The maximum absolute atomic E-state index is 11.6. The average molecular weight is 215 g/mol. The van der Waals surface area contributed by atoms with Gasteiger partial charge in [0.15, 0.2) is 0 Å². The smallest absolute Gasteiger partial charge is 0.239 e. The molecule has 0 heterocycles. The monoisotopic (exact) mass is 215 g/mol. The predicted octanol–water partition coefficient (Wildman–Crippen LogP) is 0.426. The molecule has 3 N–H and O–H groups in total. The molecule has 0 radical (unpaired) electrons. The molecule has 0 saturated heterocycles. The van der Waals surface area contributed by atoms with Crippen LogP contribution >= 0.6 is 0 Å². The number of hydrogen-bond donors (Lipinski definition) is 2. The SMILES string of the molecule is CC(C)C(CNC(=O)C(C)(C)N)N(C)C. The van der Waals surface area contributed by atoms with E-state index in [0.717, 1.165) is 0 Å². The van der Waals surface area contributed by atoms with E-state index in [-0.39, 0.29) is 5.91 Å². The van der Waals surface area contributed by atoms with Gasteiger partial charge in [0.2, 0.25) is 5.91 Å². The maximum Gasteiger partial charge on any atom is 0.239 e. The van der Waals surface area contributed by atoms with Gasteiger partial charge in [-0.15, -0.1) is 0 Å². The Morgan fingerprint density at radius 2 is 1.87 bits per heavy atom. The van der Waals surface area contributed by atoms with Gasteiger partial charge >= 0.3 is 0 Å². The largest absolute Gasteiger partial charge is 0.353 e. The fourth-order valence-corrected chi connectivity index (χ4v) is 1.44. The Kier molecular flexibility index (Phi) is 5.24. The van der Waals surface area contributed by atoms with E-state index in [0.29, 0.717) is 18.5 Å². The molecule has 0 aliphatic heterocycles. The summed E-state index contributed by atoms with van der Waals surface area (Å²) in [5.74, 6) is 0.399. The first-order valence-corrected chi connectivity index (χ1v) is 5.40. The third kappa shape index (κ3) is 5.14. The van der Waals surface area contributed by atoms with Crippen LogP contribution in [-0.2, 0) is 4.79 Å². The van der Waals surface area contributed by atoms with E-state index < -0.39 is 5.54 Å². The van der Waals surface area contributed by atoms with Crippen LogP contribution in [0.3, 0.4) is 0 Å². The summed E-state index contributed by atoms with van der Waals surface area (Å²) in [5, 5.41) is 2.88. The van der Waals surface area contributed by atoms with E-state index in [4.69, 9.17) is 5.73 Å². The van der Waals surface area contributed by atoms with E-state index in [1.165, 1.54) is 0 Å². The van der Waals surface area contributed by atoms with Crippen molar-refractivity contribution in [2.24, 2.45) is 11.7 Å². The van der Waals surface area contributed by atoms with Crippen LogP contribution in [0.1, 0.15) is 27.7 Å². The van der Waals surface area contributed by atoms with Gasteiger partial charge in [-0.25, -0.2) is 0 Å². The molecule has 15 heavy (non-hydrogen) atoms. The number of amides is 1. The van der Waals surface area contributed by atoms with Gasteiger partial charge in [0.05, 0.1) is 5.54 Å². The van der Waals surface area contributed by atoms with Gasteiger partial charge in [-0.1, -0.05) is 13.8 Å². The zero-order valence-corrected chi connectivity index (χ0v) is 10.8. The molecule has 1 amide bonds. The highest BCUT2D eigenvalue weighted by Crippen LogP contribution is 2.06. The van der Waals surface area contributed by atoms with Crippen LogP contribution in [0.5, 0.6) is 0 Å².